The van der Waals surface area contributed by atoms with Gasteiger partial charge in [-0.3, -0.25) is 4.79 Å². The van der Waals surface area contributed by atoms with Gasteiger partial charge in [0.25, 0.3) is 7.48 Å². The number of carbonyl (C=O) groups is 1. The van der Waals surface area contributed by atoms with Gasteiger partial charge in [0.05, 0.1) is 6.73 Å². The molecule has 1 aliphatic rings. The van der Waals surface area contributed by atoms with Crippen LogP contribution in [-0.2, 0) is 9.45 Å². The molecule has 17 heavy (non-hydrogen) atoms. The van der Waals surface area contributed by atoms with E-state index in [0.29, 0.717) is 13.4 Å². The molecule has 0 aromatic heterocycles. The van der Waals surface area contributed by atoms with Crippen LogP contribution in [0.4, 0.5) is 0 Å². The monoisotopic (exact) mass is 240 g/mol. The average Bonchev–Trinajstić information content (AvgIpc) is 2.36. The second kappa shape index (κ2) is 7.72. The lowest BCUT2D eigenvalue weighted by molar-refractivity contribution is -0.121. The topological polar surface area (TPSA) is 64.3 Å². The van der Waals surface area contributed by atoms with Crippen LogP contribution in [0.15, 0.2) is 0 Å². The van der Waals surface area contributed by atoms with Gasteiger partial charge in [-0.15, -0.1) is 0 Å². The normalized spacial score (nSPS) is 26.3. The highest BCUT2D eigenvalue weighted by atomic mass is 16.4. The Morgan fingerprint density at radius 2 is 2.12 bits per heavy atom. The van der Waals surface area contributed by atoms with E-state index in [1.807, 2.05) is 0 Å². The molecule has 0 saturated heterocycles. The third kappa shape index (κ3) is 5.09. The Labute approximate surface area is 105 Å². The van der Waals surface area contributed by atoms with E-state index in [9.17, 15) is 4.79 Å². The predicted molar refractivity (Wildman–Crippen MR) is 70.8 cm³/mol. The molecule has 0 radical (unpaired) electrons. The summed E-state index contributed by atoms with van der Waals surface area (Å²) in [5.41, 5.74) is 5.32. The van der Waals surface area contributed by atoms with Crippen molar-refractivity contribution >= 4 is 13.4 Å². The van der Waals surface area contributed by atoms with Crippen LogP contribution in [0, 0.1) is 11.8 Å². The Hall–Kier alpha value is -0.545. The quantitative estimate of drug-likeness (QED) is 0.538. The van der Waals surface area contributed by atoms with Gasteiger partial charge >= 0.3 is 0 Å². The summed E-state index contributed by atoms with van der Waals surface area (Å²) >= 11 is 0. The van der Waals surface area contributed by atoms with Crippen molar-refractivity contribution in [2.45, 2.75) is 44.8 Å². The molecule has 1 atom stereocenters. The van der Waals surface area contributed by atoms with Gasteiger partial charge in [0.15, 0.2) is 0 Å². The molecule has 0 aromatic carbocycles. The second-order valence-electron chi connectivity index (χ2n) is 5.21. The third-order valence-electron chi connectivity index (χ3n) is 3.81. The molecule has 0 aliphatic heterocycles. The van der Waals surface area contributed by atoms with Crippen LogP contribution in [-0.4, -0.2) is 27.2 Å². The molecule has 1 amide bonds. The number of hydrogen-bond donors (Lipinski definition) is 2. The van der Waals surface area contributed by atoms with Crippen molar-refractivity contribution < 1.29 is 9.45 Å². The summed E-state index contributed by atoms with van der Waals surface area (Å²) < 4.78 is 5.20. The zero-order valence-electron chi connectivity index (χ0n) is 11.1. The molecule has 0 bridgehead atoms. The maximum atomic E-state index is 11.7. The van der Waals surface area contributed by atoms with Crippen molar-refractivity contribution in [2.75, 3.05) is 13.8 Å². The van der Waals surface area contributed by atoms with E-state index in [-0.39, 0.29) is 18.5 Å². The molecule has 0 spiro atoms. The molecule has 1 aliphatic carbocycles. The molecule has 5 heteroatoms. The minimum atomic E-state index is -0.0399. The average molecular weight is 240 g/mol. The van der Waals surface area contributed by atoms with Gasteiger partial charge in [0.2, 0.25) is 5.91 Å². The van der Waals surface area contributed by atoms with Crippen molar-refractivity contribution in [3.63, 3.8) is 0 Å². The summed E-state index contributed by atoms with van der Waals surface area (Å²) in [6.07, 6.45) is 6.02. The van der Waals surface area contributed by atoms with E-state index in [1.54, 1.807) is 7.05 Å². The summed E-state index contributed by atoms with van der Waals surface area (Å²) in [5.74, 6) is 1.57. The van der Waals surface area contributed by atoms with E-state index in [0.717, 1.165) is 12.3 Å². The zero-order valence-corrected chi connectivity index (χ0v) is 11.1. The molecule has 0 unspecified atom stereocenters. The molecule has 98 valence electrons. The number of nitrogens with two attached hydrogens (primary N) is 1. The third-order valence-corrected chi connectivity index (χ3v) is 3.81. The molecular formula is C12H25BN2O2. The summed E-state index contributed by atoms with van der Waals surface area (Å²) in [6, 6.07) is 0. The Balaban J connectivity index is 2.39. The number of amides is 1. The van der Waals surface area contributed by atoms with E-state index >= 15 is 0 Å². The Kier molecular flexibility index (Phi) is 6.59. The molecule has 1 saturated carbocycles. The summed E-state index contributed by atoms with van der Waals surface area (Å²) in [5, 5.41) is 2.71. The molecule has 1 fully saturated rings. The number of carbonyl (C=O) groups excluding carboxylic acids is 1. The maximum Gasteiger partial charge on any atom is 0.289 e. The Bertz CT molecular complexity index is 231. The smallest absolute Gasteiger partial charge is 0.289 e. The molecule has 1 rings (SSSR count). The van der Waals surface area contributed by atoms with Gasteiger partial charge in [0.1, 0.15) is 0 Å². The van der Waals surface area contributed by atoms with Gasteiger partial charge in [-0.05, 0) is 18.3 Å². The fourth-order valence-electron chi connectivity index (χ4n) is 2.63. The van der Waals surface area contributed by atoms with Crippen LogP contribution in [0.5, 0.6) is 0 Å². The molecule has 3 N–H and O–H groups in total. The lowest BCUT2D eigenvalue weighted by Crippen LogP contribution is -2.31. The van der Waals surface area contributed by atoms with Gasteiger partial charge in [-0.2, -0.15) is 0 Å². The molecule has 0 heterocycles. The van der Waals surface area contributed by atoms with Crippen LogP contribution in [0.25, 0.3) is 0 Å². The van der Waals surface area contributed by atoms with Crippen molar-refractivity contribution in [1.29, 1.82) is 0 Å². The van der Waals surface area contributed by atoms with Crippen LogP contribution in [0.3, 0.4) is 0 Å². The fourth-order valence-corrected chi connectivity index (χ4v) is 2.63. The van der Waals surface area contributed by atoms with Crippen molar-refractivity contribution in [3.05, 3.63) is 0 Å². The second-order valence-corrected chi connectivity index (χ2v) is 5.21. The zero-order chi connectivity index (χ0) is 12.7. The van der Waals surface area contributed by atoms with Gasteiger partial charge in [-0.25, -0.2) is 0 Å². The van der Waals surface area contributed by atoms with Crippen LogP contribution < -0.4 is 11.1 Å². The lowest BCUT2D eigenvalue weighted by Gasteiger charge is -2.28. The highest BCUT2D eigenvalue weighted by molar-refractivity contribution is 6.37. The molecule has 0 aromatic rings. The fraction of sp³-hybridized carbons (Fsp3) is 0.917. The lowest BCUT2D eigenvalue weighted by atomic mass is 9.69. The first-order chi connectivity index (χ1) is 8.17. The SMILES string of the molecule is CNC(=O)[C@@H](BOCN)CC1CCC(C)CC1. The highest BCUT2D eigenvalue weighted by Crippen LogP contribution is 2.33. The van der Waals surface area contributed by atoms with Gasteiger partial charge < -0.3 is 15.7 Å². The molecule has 4 nitrogen and oxygen atoms in total. The minimum Gasteiger partial charge on any atom is -0.427 e. The number of rotatable bonds is 6. The summed E-state index contributed by atoms with van der Waals surface area (Å²) in [4.78, 5) is 11.7. The van der Waals surface area contributed by atoms with E-state index < -0.39 is 0 Å². The van der Waals surface area contributed by atoms with Crippen molar-refractivity contribution in [1.82, 2.24) is 5.32 Å². The van der Waals surface area contributed by atoms with E-state index in [1.165, 1.54) is 25.7 Å². The highest BCUT2D eigenvalue weighted by Gasteiger charge is 2.26. The minimum absolute atomic E-state index is 0.0399. The standard InChI is InChI=1S/C12H25BN2O2/c1-9-3-5-10(6-4-9)7-11(12(16)15-2)13-17-8-14/h9-11,13H,3-8,14H2,1-2H3,(H,15,16)/t9?,10?,11-/m0/s1. The number of hydrogen-bond acceptors (Lipinski definition) is 3. The van der Waals surface area contributed by atoms with E-state index in [4.69, 9.17) is 10.4 Å². The van der Waals surface area contributed by atoms with Gasteiger partial charge in [0, 0.05) is 12.9 Å². The summed E-state index contributed by atoms with van der Waals surface area (Å²) in [6.45, 7) is 2.50. The first-order valence-electron chi connectivity index (χ1n) is 6.66. The number of nitrogens with one attached hydrogen (secondary N) is 1. The Morgan fingerprint density at radius 1 is 1.47 bits per heavy atom. The van der Waals surface area contributed by atoms with Crippen LogP contribution in [0.2, 0.25) is 5.82 Å². The first-order valence-corrected chi connectivity index (χ1v) is 6.66. The van der Waals surface area contributed by atoms with Crippen molar-refractivity contribution in [2.24, 2.45) is 17.6 Å². The molecular weight excluding hydrogens is 215 g/mol. The predicted octanol–water partition coefficient (Wildman–Crippen LogP) is 1.02. The van der Waals surface area contributed by atoms with Gasteiger partial charge in [-0.1, -0.05) is 32.6 Å². The van der Waals surface area contributed by atoms with Crippen LogP contribution in [0.1, 0.15) is 39.0 Å². The summed E-state index contributed by atoms with van der Waals surface area (Å²) in [7, 11) is 2.13. The maximum absolute atomic E-state index is 11.7. The Morgan fingerprint density at radius 3 is 2.65 bits per heavy atom. The van der Waals surface area contributed by atoms with Crippen molar-refractivity contribution in [3.8, 4) is 0 Å². The van der Waals surface area contributed by atoms with E-state index in [2.05, 4.69) is 12.2 Å². The largest absolute Gasteiger partial charge is 0.427 e. The van der Waals surface area contributed by atoms with Crippen LogP contribution >= 0.6 is 0 Å². The first kappa shape index (κ1) is 14.5.